The van der Waals surface area contributed by atoms with Gasteiger partial charge in [0.1, 0.15) is 0 Å². The van der Waals surface area contributed by atoms with Gasteiger partial charge in [0, 0.05) is 62.0 Å². The van der Waals surface area contributed by atoms with Crippen LogP contribution in [-0.2, 0) is 19.2 Å². The van der Waals surface area contributed by atoms with Crippen LogP contribution in [0.3, 0.4) is 0 Å². The molecule has 1 aliphatic rings. The van der Waals surface area contributed by atoms with Gasteiger partial charge in [0.15, 0.2) is 0 Å². The van der Waals surface area contributed by atoms with Crippen LogP contribution in [0.4, 0.5) is 0 Å². The zero-order valence-electron chi connectivity index (χ0n) is 41.8. The number of primary amides is 1. The Labute approximate surface area is 422 Å². The molecule has 0 spiro atoms. The van der Waals surface area contributed by atoms with E-state index in [1.165, 1.54) is 4.90 Å². The number of hydrogen-bond donors (Lipinski definition) is 5. The number of aliphatic hydroxyl groups is 1. The van der Waals surface area contributed by atoms with Gasteiger partial charge in [0.25, 0.3) is 0 Å². The number of carbonyl (C=O) groups excluding carboxylic acids is 4. The largest absolute Gasteiger partial charge is 0.395 e. The quantitative estimate of drug-likeness (QED) is 0.0394. The first-order valence-corrected chi connectivity index (χ1v) is 25.4. The highest BCUT2D eigenvalue weighted by atomic mass is 16.3. The highest BCUT2D eigenvalue weighted by Gasteiger charge is 2.29. The van der Waals surface area contributed by atoms with Crippen LogP contribution in [0.1, 0.15) is 85.5 Å². The number of aliphatic hydroxyl groups excluding tert-OH is 1. The molecule has 382 valence electrons. The van der Waals surface area contributed by atoms with E-state index in [4.69, 9.17) is 17.2 Å². The number of unbranched alkanes of at least 4 members (excludes halogenated alkanes) is 2. The summed E-state index contributed by atoms with van der Waals surface area (Å²) >= 11 is 0. The molecule has 4 aromatic rings. The third-order valence-corrected chi connectivity index (χ3v) is 13.3. The molecule has 0 saturated heterocycles. The molecule has 14 nitrogen and oxygen atoms in total. The van der Waals surface area contributed by atoms with Gasteiger partial charge in [-0.15, -0.1) is 0 Å². The van der Waals surface area contributed by atoms with E-state index >= 15 is 4.79 Å². The van der Waals surface area contributed by atoms with Gasteiger partial charge in [-0.2, -0.15) is 0 Å². The van der Waals surface area contributed by atoms with Gasteiger partial charge in [-0.1, -0.05) is 147 Å². The molecule has 4 amide bonds. The lowest BCUT2D eigenvalue weighted by molar-refractivity contribution is -0.136. The van der Waals surface area contributed by atoms with Gasteiger partial charge in [-0.3, -0.25) is 19.2 Å². The smallest absolute Gasteiger partial charge is 0.242 e. The first-order valence-electron chi connectivity index (χ1n) is 25.4. The summed E-state index contributed by atoms with van der Waals surface area (Å²) in [6.45, 7) is 11.1. The average Bonchev–Trinajstić information content (AvgIpc) is 3.92. The third-order valence-electron chi connectivity index (χ3n) is 13.3. The van der Waals surface area contributed by atoms with E-state index in [-0.39, 0.29) is 94.6 Å². The molecule has 71 heavy (non-hydrogen) atoms. The summed E-state index contributed by atoms with van der Waals surface area (Å²) in [5.41, 5.74) is 22.5. The second-order valence-corrected chi connectivity index (χ2v) is 18.6. The van der Waals surface area contributed by atoms with Crippen molar-refractivity contribution in [3.8, 4) is 0 Å². The maximum absolute atomic E-state index is 15.2. The Balaban J connectivity index is 1.46. The standard InChI is InChI=1S/C57H79N9O5/c1-45(62(33-19-17-31-58)43-56(70)64(42-54(60)68)34-20-18-32-59)39-66(41-53(49-25-11-5-12-26-49)50-27-13-6-14-28-50)57(71)44-63(35-36-67)46(2)38-65(55(69)37-61-51-29-15-16-30-51)40-52(47-21-7-3-8-22-47)48-23-9-4-10-24-48/h3-14,21-28,51-53,61,67H,1-2,15-20,29-44,58-59H2,(H2,60,68). The monoisotopic (exact) mass is 970 g/mol. The Morgan fingerprint density at radius 1 is 0.521 bits per heavy atom. The summed E-state index contributed by atoms with van der Waals surface area (Å²) in [6, 6.07) is 40.7. The van der Waals surface area contributed by atoms with Crippen LogP contribution in [0.15, 0.2) is 146 Å². The Morgan fingerprint density at radius 3 is 1.30 bits per heavy atom. The summed E-state index contributed by atoms with van der Waals surface area (Å²) in [5.74, 6) is -1.61. The van der Waals surface area contributed by atoms with Crippen molar-refractivity contribution in [1.82, 2.24) is 29.8 Å². The van der Waals surface area contributed by atoms with E-state index in [1.54, 1.807) is 9.80 Å². The fourth-order valence-corrected chi connectivity index (χ4v) is 9.33. The topological polar surface area (TPSA) is 195 Å². The Bertz CT molecular complexity index is 2150. The Morgan fingerprint density at radius 2 is 0.901 bits per heavy atom. The molecule has 8 N–H and O–H groups in total. The molecular weight excluding hydrogens is 891 g/mol. The molecule has 1 aliphatic carbocycles. The molecular formula is C57H79N9O5. The van der Waals surface area contributed by atoms with Gasteiger partial charge >= 0.3 is 0 Å². The number of amides is 4. The Kier molecular flexibility index (Phi) is 23.8. The lowest BCUT2D eigenvalue weighted by Gasteiger charge is -2.36. The van der Waals surface area contributed by atoms with Crippen LogP contribution in [-0.4, -0.2) is 151 Å². The minimum atomic E-state index is -0.612. The normalized spacial score (nSPS) is 12.5. The molecule has 0 unspecified atom stereocenters. The molecule has 0 aromatic heterocycles. The van der Waals surface area contributed by atoms with E-state index in [0.717, 1.165) is 47.9 Å². The number of benzene rings is 4. The van der Waals surface area contributed by atoms with Gasteiger partial charge in [-0.05, 0) is 73.9 Å². The van der Waals surface area contributed by atoms with Crippen LogP contribution in [0.25, 0.3) is 0 Å². The third kappa shape index (κ3) is 18.4. The van der Waals surface area contributed by atoms with Crippen LogP contribution in [0, 0.1) is 0 Å². The predicted octanol–water partition coefficient (Wildman–Crippen LogP) is 5.26. The number of hydrogen-bond acceptors (Lipinski definition) is 10. The lowest BCUT2D eigenvalue weighted by Crippen LogP contribution is -2.48. The summed E-state index contributed by atoms with van der Waals surface area (Å²) < 4.78 is 0. The van der Waals surface area contributed by atoms with Gasteiger partial charge in [-0.25, -0.2) is 0 Å². The molecule has 0 atom stereocenters. The van der Waals surface area contributed by atoms with Crippen LogP contribution >= 0.6 is 0 Å². The molecule has 1 saturated carbocycles. The molecule has 0 heterocycles. The number of nitrogens with zero attached hydrogens (tertiary/aromatic N) is 5. The molecule has 1 fully saturated rings. The van der Waals surface area contributed by atoms with Crippen LogP contribution < -0.4 is 22.5 Å². The van der Waals surface area contributed by atoms with Gasteiger partial charge in [0.05, 0.1) is 45.9 Å². The van der Waals surface area contributed by atoms with E-state index < -0.39 is 5.91 Å². The van der Waals surface area contributed by atoms with Crippen molar-refractivity contribution < 1.29 is 24.3 Å². The first-order chi connectivity index (χ1) is 34.5. The van der Waals surface area contributed by atoms with Crippen LogP contribution in [0.5, 0.6) is 0 Å². The first kappa shape index (κ1) is 55.6. The fraction of sp³-hybridized carbons (Fsp3) is 0.439. The second-order valence-electron chi connectivity index (χ2n) is 18.6. The maximum atomic E-state index is 15.2. The number of nitrogens with two attached hydrogens (primary N) is 3. The molecule has 14 heteroatoms. The highest BCUT2D eigenvalue weighted by Crippen LogP contribution is 2.29. The summed E-state index contributed by atoms with van der Waals surface area (Å²) in [5, 5.41) is 14.1. The zero-order valence-corrected chi connectivity index (χ0v) is 41.8. The minimum Gasteiger partial charge on any atom is -0.395 e. The maximum Gasteiger partial charge on any atom is 0.242 e. The van der Waals surface area contributed by atoms with Gasteiger partial charge < -0.3 is 52.1 Å². The number of carbonyl (C=O) groups is 4. The van der Waals surface area contributed by atoms with Crippen molar-refractivity contribution in [2.75, 3.05) is 91.7 Å². The second kappa shape index (κ2) is 30.4. The van der Waals surface area contributed by atoms with Crippen molar-refractivity contribution in [1.29, 1.82) is 0 Å². The average molecular weight is 970 g/mol. The van der Waals surface area contributed by atoms with E-state index in [9.17, 15) is 19.5 Å². The van der Waals surface area contributed by atoms with Crippen molar-refractivity contribution in [2.24, 2.45) is 17.2 Å². The predicted molar refractivity (Wildman–Crippen MR) is 284 cm³/mol. The Hall–Kier alpha value is -6.32. The van der Waals surface area contributed by atoms with Crippen molar-refractivity contribution in [2.45, 2.75) is 69.2 Å². The van der Waals surface area contributed by atoms with E-state index in [1.807, 2.05) is 82.6 Å². The SMILES string of the molecule is C=C(CN(CC(c1ccccc1)c1ccccc1)C(=O)CN(CCO)C(=C)CN(CC(c1ccccc1)c1ccccc1)C(=O)CNC1CCCC1)N(CCCCN)CC(=O)N(CCCCN)CC(N)=O. The number of nitrogens with one attached hydrogen (secondary N) is 1. The molecule has 5 rings (SSSR count). The highest BCUT2D eigenvalue weighted by molar-refractivity contribution is 5.85. The summed E-state index contributed by atoms with van der Waals surface area (Å²) in [4.78, 5) is 64.5. The fourth-order valence-electron chi connectivity index (χ4n) is 9.33. The number of rotatable bonds is 33. The minimum absolute atomic E-state index is 0.0701. The summed E-state index contributed by atoms with van der Waals surface area (Å²) in [6.07, 6.45) is 7.02. The van der Waals surface area contributed by atoms with Crippen molar-refractivity contribution in [3.05, 3.63) is 168 Å². The molecule has 4 aromatic carbocycles. The van der Waals surface area contributed by atoms with Crippen molar-refractivity contribution in [3.63, 3.8) is 0 Å². The molecule has 0 radical (unpaired) electrons. The summed E-state index contributed by atoms with van der Waals surface area (Å²) in [7, 11) is 0. The van der Waals surface area contributed by atoms with E-state index in [0.29, 0.717) is 69.8 Å². The zero-order chi connectivity index (χ0) is 50.8. The van der Waals surface area contributed by atoms with Crippen LogP contribution in [0.2, 0.25) is 0 Å². The molecule has 0 bridgehead atoms. The molecule has 0 aliphatic heterocycles. The van der Waals surface area contributed by atoms with Crippen molar-refractivity contribution >= 4 is 23.6 Å². The van der Waals surface area contributed by atoms with E-state index in [2.05, 4.69) is 67.0 Å². The van der Waals surface area contributed by atoms with Gasteiger partial charge in [0.2, 0.25) is 23.6 Å². The lowest BCUT2D eigenvalue weighted by atomic mass is 9.90.